The lowest BCUT2D eigenvalue weighted by atomic mass is 9.86. The van der Waals surface area contributed by atoms with Crippen molar-refractivity contribution in [2.75, 3.05) is 0 Å². The molecule has 0 fully saturated rings. The fourth-order valence-corrected chi connectivity index (χ4v) is 6.52. The highest BCUT2D eigenvalue weighted by molar-refractivity contribution is 5.95. The van der Waals surface area contributed by atoms with Crippen molar-refractivity contribution in [1.82, 2.24) is 19.9 Å². The van der Waals surface area contributed by atoms with Gasteiger partial charge >= 0.3 is 5.97 Å². The number of carboxylic acids is 1. The van der Waals surface area contributed by atoms with Crippen LogP contribution in [0.1, 0.15) is 77.7 Å². The lowest BCUT2D eigenvalue weighted by Gasteiger charge is -2.16. The first-order chi connectivity index (χ1) is 20.0. The number of fused-ring (bicyclic) bond motifs is 8. The van der Waals surface area contributed by atoms with Crippen LogP contribution in [-0.4, -0.2) is 41.2 Å². The number of aliphatic carboxylic acids is 1. The van der Waals surface area contributed by atoms with E-state index in [1.165, 1.54) is 0 Å². The number of carboxylic acid groups (broad SMARTS) is 1. The Bertz CT molecular complexity index is 2010. The summed E-state index contributed by atoms with van der Waals surface area (Å²) in [7, 11) is 0. The molecule has 0 aliphatic carbocycles. The minimum Gasteiger partial charge on any atom is -0.481 e. The van der Waals surface area contributed by atoms with Gasteiger partial charge in [-0.15, -0.1) is 0 Å². The summed E-state index contributed by atoms with van der Waals surface area (Å²) in [6.07, 6.45) is 2.87. The molecule has 2 atom stereocenters. The Labute approximate surface area is 242 Å². The van der Waals surface area contributed by atoms with Gasteiger partial charge in [-0.2, -0.15) is 0 Å². The maximum atomic E-state index is 11.6. The van der Waals surface area contributed by atoms with E-state index in [1.54, 1.807) is 0 Å². The molecule has 6 heterocycles. The van der Waals surface area contributed by atoms with Crippen LogP contribution >= 0.6 is 0 Å². The Kier molecular flexibility index (Phi) is 6.48. The summed E-state index contributed by atoms with van der Waals surface area (Å²) in [5, 5.41) is 31.7. The minimum absolute atomic E-state index is 0.0672. The Morgan fingerprint density at radius 2 is 1.71 bits per heavy atom. The molecule has 216 valence electrons. The molecular formula is C33H34N4O5. The van der Waals surface area contributed by atoms with E-state index < -0.39 is 17.9 Å². The molecule has 0 saturated heterocycles. The van der Waals surface area contributed by atoms with Crippen molar-refractivity contribution in [3.63, 3.8) is 0 Å². The van der Waals surface area contributed by atoms with E-state index in [-0.39, 0.29) is 23.6 Å². The van der Waals surface area contributed by atoms with Crippen molar-refractivity contribution >= 4 is 45.0 Å². The molecule has 3 aliphatic heterocycles. The average Bonchev–Trinajstić information content (AvgIpc) is 3.61. The summed E-state index contributed by atoms with van der Waals surface area (Å²) in [6.45, 7) is 14.1. The van der Waals surface area contributed by atoms with Gasteiger partial charge < -0.3 is 29.7 Å². The lowest BCUT2D eigenvalue weighted by molar-refractivity contribution is -0.137. The molecule has 0 unspecified atom stereocenters. The third kappa shape index (κ3) is 4.10. The molecule has 0 saturated carbocycles. The molecule has 0 radical (unpaired) electrons. The van der Waals surface area contributed by atoms with Gasteiger partial charge in [-0.25, -0.2) is 4.98 Å². The van der Waals surface area contributed by atoms with Crippen LogP contribution in [0.2, 0.25) is 0 Å². The number of nitrogens with one attached hydrogen (secondary N) is 2. The topological polar surface area (TPSA) is 148 Å². The van der Waals surface area contributed by atoms with E-state index in [0.29, 0.717) is 34.5 Å². The van der Waals surface area contributed by atoms with Crippen LogP contribution in [0.5, 0.6) is 11.9 Å². The smallest absolute Gasteiger partial charge is 0.303 e. The summed E-state index contributed by atoms with van der Waals surface area (Å²) < 4.78 is 5.47. The Hall–Kier alpha value is -4.79. The quantitative estimate of drug-likeness (QED) is 0.147. The molecular weight excluding hydrogens is 532 g/mol. The summed E-state index contributed by atoms with van der Waals surface area (Å²) in [5.41, 5.74) is 11.2. The largest absolute Gasteiger partial charge is 0.481 e. The zero-order valence-electron chi connectivity index (χ0n) is 24.3. The molecule has 5 N–H and O–H groups in total. The number of aromatic hydroxyl groups is 2. The van der Waals surface area contributed by atoms with Gasteiger partial charge in [-0.3, -0.25) is 9.78 Å². The summed E-state index contributed by atoms with van der Waals surface area (Å²) in [4.78, 5) is 28.6. The number of H-pyrrole nitrogens is 2. The van der Waals surface area contributed by atoms with Gasteiger partial charge in [0.1, 0.15) is 5.39 Å². The second-order valence-corrected chi connectivity index (χ2v) is 11.2. The van der Waals surface area contributed by atoms with Crippen molar-refractivity contribution in [2.45, 2.75) is 65.7 Å². The molecule has 6 rings (SSSR count). The van der Waals surface area contributed by atoms with Gasteiger partial charge in [0.25, 0.3) is 11.9 Å². The zero-order valence-corrected chi connectivity index (χ0v) is 24.3. The third-order valence-electron chi connectivity index (χ3n) is 8.92. The Balaban J connectivity index is 1.85. The Morgan fingerprint density at radius 1 is 1.00 bits per heavy atom. The van der Waals surface area contributed by atoms with Crippen LogP contribution in [0.15, 0.2) is 29.2 Å². The van der Waals surface area contributed by atoms with Gasteiger partial charge in [0.2, 0.25) is 0 Å². The summed E-state index contributed by atoms with van der Waals surface area (Å²) in [5.74, 6) is -2.35. The van der Waals surface area contributed by atoms with Crippen LogP contribution < -0.4 is 0 Å². The van der Waals surface area contributed by atoms with E-state index >= 15 is 0 Å². The molecule has 9 nitrogen and oxygen atoms in total. The van der Waals surface area contributed by atoms with Crippen LogP contribution in [0.25, 0.3) is 50.3 Å². The predicted octanol–water partition coefficient (Wildman–Crippen LogP) is 7.58. The lowest BCUT2D eigenvalue weighted by Crippen LogP contribution is -2.06. The van der Waals surface area contributed by atoms with Gasteiger partial charge in [0, 0.05) is 51.6 Å². The predicted molar refractivity (Wildman–Crippen MR) is 164 cm³/mol. The second-order valence-electron chi connectivity index (χ2n) is 11.2. The first-order valence-electron chi connectivity index (χ1n) is 14.2. The molecule has 0 spiro atoms. The first kappa shape index (κ1) is 27.4. The first-order valence-corrected chi connectivity index (χ1v) is 14.2. The Morgan fingerprint density at radius 3 is 2.40 bits per heavy atom. The molecule has 42 heavy (non-hydrogen) atoms. The normalized spacial score (nSPS) is 16.0. The standard InChI is InChI=1S/C33H34N4O5/c1-7-18-14(3)21-11-23-16(5)20(9-10-27(38)39)30(36-23)29-31-28(32(40)42-33(29)41)17(6)24(37-31)13-26-19(8-2)15(4)22(35-26)12-25(18)34-21/h7,11-13,16,20,34-35,40-41H,1,8-10H2,2-6H3,(H,38,39)/t16-,20+/m1/s1. The van der Waals surface area contributed by atoms with Gasteiger partial charge in [-0.05, 0) is 74.1 Å². The van der Waals surface area contributed by atoms with E-state index in [0.717, 1.165) is 56.4 Å². The minimum atomic E-state index is -0.913. The molecule has 3 aromatic rings. The number of nitrogens with zero attached hydrogens (tertiary/aromatic N) is 2. The van der Waals surface area contributed by atoms with Crippen molar-refractivity contribution in [2.24, 2.45) is 0 Å². The molecule has 9 heteroatoms. The SMILES string of the molecule is C=Cc1c(C)c2cc3nc(c4c5nc(cc6[nH]c(cc1[nH]2)c(C)c6CC)c(C)c-5c(O)oc4O)[C@@H](CCC(=O)O)[C@H]3C. The molecule has 8 bridgehead atoms. The van der Waals surface area contributed by atoms with Crippen LogP contribution in [-0.2, 0) is 11.2 Å². The third-order valence-corrected chi connectivity index (χ3v) is 8.92. The number of carbonyl (C=O) groups is 1. The zero-order chi connectivity index (χ0) is 30.0. The number of hydrogen-bond donors (Lipinski definition) is 5. The van der Waals surface area contributed by atoms with E-state index in [4.69, 9.17) is 14.4 Å². The van der Waals surface area contributed by atoms with Crippen LogP contribution in [0.3, 0.4) is 0 Å². The van der Waals surface area contributed by atoms with Crippen LogP contribution in [0, 0.1) is 20.8 Å². The maximum Gasteiger partial charge on any atom is 0.303 e. The van der Waals surface area contributed by atoms with Crippen molar-refractivity contribution in [1.29, 1.82) is 0 Å². The summed E-state index contributed by atoms with van der Waals surface area (Å²) in [6, 6.07) is 6.03. The molecule has 3 aromatic heterocycles. The number of aromatic amines is 2. The van der Waals surface area contributed by atoms with Crippen molar-refractivity contribution in [3.8, 4) is 23.1 Å². The molecule has 0 aromatic carbocycles. The fraction of sp³-hybridized carbons (Fsp3) is 0.303. The van der Waals surface area contributed by atoms with Gasteiger partial charge in [0.15, 0.2) is 0 Å². The number of hydrogen-bond acceptors (Lipinski definition) is 6. The highest BCUT2D eigenvalue weighted by atomic mass is 16.5. The van der Waals surface area contributed by atoms with Crippen LogP contribution in [0.4, 0.5) is 0 Å². The maximum absolute atomic E-state index is 11.6. The van der Waals surface area contributed by atoms with E-state index in [9.17, 15) is 20.1 Å². The fourth-order valence-electron chi connectivity index (χ4n) is 6.52. The summed E-state index contributed by atoms with van der Waals surface area (Å²) >= 11 is 0. The molecule has 0 amide bonds. The van der Waals surface area contributed by atoms with Gasteiger partial charge in [0.05, 0.1) is 22.5 Å². The van der Waals surface area contributed by atoms with Crippen molar-refractivity contribution < 1.29 is 24.5 Å². The molecule has 3 aliphatic rings. The second kappa shape index (κ2) is 9.94. The monoisotopic (exact) mass is 566 g/mol. The number of aryl methyl sites for hydroxylation is 4. The highest BCUT2D eigenvalue weighted by Gasteiger charge is 2.35. The van der Waals surface area contributed by atoms with Crippen molar-refractivity contribution in [3.05, 3.63) is 64.0 Å². The average molecular weight is 567 g/mol. The highest BCUT2D eigenvalue weighted by Crippen LogP contribution is 2.49. The number of rotatable bonds is 5. The number of aromatic nitrogens is 4. The van der Waals surface area contributed by atoms with Gasteiger partial charge in [-0.1, -0.05) is 26.5 Å². The van der Waals surface area contributed by atoms with E-state index in [2.05, 4.69) is 36.5 Å². The van der Waals surface area contributed by atoms with E-state index in [1.807, 2.05) is 39.0 Å².